The van der Waals surface area contributed by atoms with Gasteiger partial charge < -0.3 is 0 Å². The number of pyridine rings is 1. The molecule has 1 N–H and O–H groups in total. The fraction of sp³-hybridized carbons (Fsp3) is 0.0833. The SMILES string of the molecule is Cc1ccc(S(=O)(=O)Nc2cnccc2Cl)cc1F. The lowest BCUT2D eigenvalue weighted by Crippen LogP contribution is -2.13. The van der Waals surface area contributed by atoms with E-state index < -0.39 is 15.8 Å². The lowest BCUT2D eigenvalue weighted by molar-refractivity contribution is 0.593. The van der Waals surface area contributed by atoms with E-state index in [1.165, 1.54) is 30.6 Å². The zero-order valence-electron chi connectivity index (χ0n) is 9.89. The van der Waals surface area contributed by atoms with Gasteiger partial charge in [0.25, 0.3) is 10.0 Å². The van der Waals surface area contributed by atoms with Crippen LogP contribution in [0, 0.1) is 12.7 Å². The molecule has 1 aromatic carbocycles. The van der Waals surface area contributed by atoms with Gasteiger partial charge in [-0.2, -0.15) is 0 Å². The minimum absolute atomic E-state index is 0.144. The molecule has 1 aromatic heterocycles. The van der Waals surface area contributed by atoms with Gasteiger partial charge in [0, 0.05) is 6.20 Å². The van der Waals surface area contributed by atoms with Crippen molar-refractivity contribution in [2.24, 2.45) is 0 Å². The highest BCUT2D eigenvalue weighted by molar-refractivity contribution is 7.92. The van der Waals surface area contributed by atoms with Crippen LogP contribution in [0.1, 0.15) is 5.56 Å². The number of hydrogen-bond acceptors (Lipinski definition) is 3. The molecule has 0 bridgehead atoms. The zero-order chi connectivity index (χ0) is 14.0. The minimum atomic E-state index is -3.89. The van der Waals surface area contributed by atoms with E-state index in [0.717, 1.165) is 6.07 Å². The van der Waals surface area contributed by atoms with Gasteiger partial charge in [0.15, 0.2) is 0 Å². The molecule has 0 aliphatic carbocycles. The van der Waals surface area contributed by atoms with Crippen molar-refractivity contribution in [3.8, 4) is 0 Å². The number of nitrogens with one attached hydrogen (secondary N) is 1. The summed E-state index contributed by atoms with van der Waals surface area (Å²) < 4.78 is 39.8. The first-order valence-electron chi connectivity index (χ1n) is 5.28. The molecule has 0 saturated carbocycles. The van der Waals surface area contributed by atoms with Crippen LogP contribution in [0.4, 0.5) is 10.1 Å². The van der Waals surface area contributed by atoms with E-state index in [4.69, 9.17) is 11.6 Å². The van der Waals surface area contributed by atoms with E-state index in [1.807, 2.05) is 0 Å². The normalized spacial score (nSPS) is 11.3. The van der Waals surface area contributed by atoms with Gasteiger partial charge in [-0.3, -0.25) is 9.71 Å². The number of hydrogen-bond donors (Lipinski definition) is 1. The van der Waals surface area contributed by atoms with Crippen molar-refractivity contribution in [1.29, 1.82) is 0 Å². The molecule has 7 heteroatoms. The number of sulfonamides is 1. The van der Waals surface area contributed by atoms with E-state index >= 15 is 0 Å². The lowest BCUT2D eigenvalue weighted by Gasteiger charge is -2.09. The fourth-order valence-corrected chi connectivity index (χ4v) is 2.68. The summed E-state index contributed by atoms with van der Waals surface area (Å²) in [6.07, 6.45) is 2.72. The van der Waals surface area contributed by atoms with Gasteiger partial charge in [-0.25, -0.2) is 12.8 Å². The van der Waals surface area contributed by atoms with Gasteiger partial charge >= 0.3 is 0 Å². The molecule has 0 fully saturated rings. The van der Waals surface area contributed by atoms with Crippen LogP contribution >= 0.6 is 11.6 Å². The van der Waals surface area contributed by atoms with Crippen molar-refractivity contribution in [1.82, 2.24) is 4.98 Å². The molecule has 100 valence electrons. The predicted octanol–water partition coefficient (Wildman–Crippen LogP) is 2.98. The second-order valence-electron chi connectivity index (χ2n) is 3.87. The molecule has 0 unspecified atom stereocenters. The summed E-state index contributed by atoms with van der Waals surface area (Å²) in [4.78, 5) is 3.60. The Hall–Kier alpha value is -1.66. The Bertz CT molecular complexity index is 719. The van der Waals surface area contributed by atoms with Crippen molar-refractivity contribution < 1.29 is 12.8 Å². The molecule has 2 aromatic rings. The molecule has 1 heterocycles. The summed E-state index contributed by atoms with van der Waals surface area (Å²) in [6.45, 7) is 1.55. The average molecular weight is 301 g/mol. The maximum atomic E-state index is 13.4. The molecule has 2 rings (SSSR count). The maximum Gasteiger partial charge on any atom is 0.262 e. The Labute approximate surface area is 115 Å². The summed E-state index contributed by atoms with van der Waals surface area (Å²) in [5, 5.41) is 0.214. The minimum Gasteiger partial charge on any atom is -0.277 e. The second kappa shape index (κ2) is 5.14. The highest BCUT2D eigenvalue weighted by atomic mass is 35.5. The molecule has 0 atom stereocenters. The summed E-state index contributed by atoms with van der Waals surface area (Å²) in [5.74, 6) is -0.583. The smallest absolute Gasteiger partial charge is 0.262 e. The largest absolute Gasteiger partial charge is 0.277 e. The van der Waals surface area contributed by atoms with E-state index in [1.54, 1.807) is 6.92 Å². The van der Waals surface area contributed by atoms with Crippen LogP contribution in [0.2, 0.25) is 5.02 Å². The molecule has 0 radical (unpaired) electrons. The van der Waals surface area contributed by atoms with Crippen molar-refractivity contribution in [3.05, 3.63) is 53.1 Å². The van der Waals surface area contributed by atoms with Crippen LogP contribution in [-0.2, 0) is 10.0 Å². The Morgan fingerprint density at radius 3 is 2.68 bits per heavy atom. The summed E-state index contributed by atoms with van der Waals surface area (Å²) >= 11 is 5.83. The molecular formula is C12H10ClFN2O2S. The van der Waals surface area contributed by atoms with Gasteiger partial charge in [0.1, 0.15) is 5.82 Å². The lowest BCUT2D eigenvalue weighted by atomic mass is 10.2. The molecular weight excluding hydrogens is 291 g/mol. The van der Waals surface area contributed by atoms with E-state index in [2.05, 4.69) is 9.71 Å². The average Bonchev–Trinajstić information content (AvgIpc) is 2.35. The van der Waals surface area contributed by atoms with E-state index in [-0.39, 0.29) is 15.6 Å². The van der Waals surface area contributed by atoms with Crippen LogP contribution in [0.15, 0.2) is 41.6 Å². The van der Waals surface area contributed by atoms with Crippen molar-refractivity contribution in [3.63, 3.8) is 0 Å². The van der Waals surface area contributed by atoms with Crippen LogP contribution < -0.4 is 4.72 Å². The van der Waals surface area contributed by atoms with Crippen LogP contribution in [0.25, 0.3) is 0 Å². The number of aromatic nitrogens is 1. The summed E-state index contributed by atoms with van der Waals surface area (Å²) in [5.41, 5.74) is 0.517. The first kappa shape index (κ1) is 13.8. The first-order chi connectivity index (χ1) is 8.90. The Morgan fingerprint density at radius 2 is 2.05 bits per heavy atom. The quantitative estimate of drug-likeness (QED) is 0.948. The van der Waals surface area contributed by atoms with Gasteiger partial charge in [-0.1, -0.05) is 17.7 Å². The summed E-state index contributed by atoms with van der Waals surface area (Å²) in [6, 6.07) is 5.14. The van der Waals surface area contributed by atoms with E-state index in [0.29, 0.717) is 5.56 Å². The predicted molar refractivity (Wildman–Crippen MR) is 71.2 cm³/mol. The van der Waals surface area contributed by atoms with Gasteiger partial charge in [-0.15, -0.1) is 0 Å². The number of rotatable bonds is 3. The number of aryl methyl sites for hydroxylation is 1. The van der Waals surface area contributed by atoms with Crippen LogP contribution in [-0.4, -0.2) is 13.4 Å². The third-order valence-electron chi connectivity index (χ3n) is 2.47. The monoisotopic (exact) mass is 300 g/mol. The second-order valence-corrected chi connectivity index (χ2v) is 5.96. The summed E-state index contributed by atoms with van der Waals surface area (Å²) in [7, 11) is -3.89. The van der Waals surface area contributed by atoms with Crippen molar-refractivity contribution in [2.75, 3.05) is 4.72 Å². The molecule has 4 nitrogen and oxygen atoms in total. The topological polar surface area (TPSA) is 59.1 Å². The van der Waals surface area contributed by atoms with Gasteiger partial charge in [-0.05, 0) is 30.7 Å². The molecule has 0 aliphatic heterocycles. The Balaban J connectivity index is 2.38. The third kappa shape index (κ3) is 3.02. The number of benzene rings is 1. The molecule has 0 amide bonds. The third-order valence-corrected chi connectivity index (χ3v) is 4.16. The first-order valence-corrected chi connectivity index (χ1v) is 7.15. The number of halogens is 2. The van der Waals surface area contributed by atoms with Crippen LogP contribution in [0.5, 0.6) is 0 Å². The standard InChI is InChI=1S/C12H10ClFN2O2S/c1-8-2-3-9(6-11(8)14)19(17,18)16-12-7-15-5-4-10(12)13/h2-7,16H,1H3. The highest BCUT2D eigenvalue weighted by Gasteiger charge is 2.17. The van der Waals surface area contributed by atoms with E-state index in [9.17, 15) is 12.8 Å². The Morgan fingerprint density at radius 1 is 1.32 bits per heavy atom. The molecule has 0 spiro atoms. The van der Waals surface area contributed by atoms with Gasteiger partial charge in [0.2, 0.25) is 0 Å². The van der Waals surface area contributed by atoms with Crippen LogP contribution in [0.3, 0.4) is 0 Å². The van der Waals surface area contributed by atoms with Gasteiger partial charge in [0.05, 0.1) is 21.8 Å². The molecule has 0 aliphatic rings. The number of anilines is 1. The molecule has 0 saturated heterocycles. The van der Waals surface area contributed by atoms with Crippen molar-refractivity contribution >= 4 is 27.3 Å². The highest BCUT2D eigenvalue weighted by Crippen LogP contribution is 2.23. The van der Waals surface area contributed by atoms with Crippen molar-refractivity contribution in [2.45, 2.75) is 11.8 Å². The molecule has 19 heavy (non-hydrogen) atoms. The Kier molecular flexibility index (Phi) is 3.73. The maximum absolute atomic E-state index is 13.4. The fourth-order valence-electron chi connectivity index (χ4n) is 1.40. The zero-order valence-corrected chi connectivity index (χ0v) is 11.5. The number of nitrogens with zero attached hydrogens (tertiary/aromatic N) is 1.